The number of rotatable bonds is 6. The van der Waals surface area contributed by atoms with Gasteiger partial charge >= 0.3 is 0 Å². The van der Waals surface area contributed by atoms with Crippen LogP contribution < -0.4 is 5.32 Å². The number of nitrogens with one attached hydrogen (secondary N) is 1. The van der Waals surface area contributed by atoms with Crippen molar-refractivity contribution in [2.75, 3.05) is 31.7 Å². The van der Waals surface area contributed by atoms with Crippen molar-refractivity contribution in [1.82, 2.24) is 5.32 Å². The molecule has 1 fully saturated rings. The molecule has 1 heterocycles. The summed E-state index contributed by atoms with van der Waals surface area (Å²) in [6, 6.07) is 0. The zero-order valence-corrected chi connectivity index (χ0v) is 11.3. The number of hydrogen-bond donors (Lipinski definition) is 1. The maximum absolute atomic E-state index is 11.2. The van der Waals surface area contributed by atoms with Crippen LogP contribution in [0.15, 0.2) is 0 Å². The van der Waals surface area contributed by atoms with E-state index >= 15 is 0 Å². The fraction of sp³-hybridized carbons (Fsp3) is 1.00. The Kier molecular flexibility index (Phi) is 4.76. The molecule has 0 aromatic carbocycles. The summed E-state index contributed by atoms with van der Waals surface area (Å²) in [5, 5.41) is 3.31. The van der Waals surface area contributed by atoms with E-state index in [0.717, 1.165) is 25.9 Å². The monoisotopic (exact) mass is 249 g/mol. The normalized spacial score (nSPS) is 24.8. The van der Waals surface area contributed by atoms with E-state index in [2.05, 4.69) is 19.2 Å². The Labute approximate surface area is 98.7 Å². The summed E-state index contributed by atoms with van der Waals surface area (Å²) in [4.78, 5) is 0. The van der Waals surface area contributed by atoms with E-state index in [0.29, 0.717) is 17.4 Å². The van der Waals surface area contributed by atoms with Crippen LogP contribution in [0.1, 0.15) is 26.7 Å². The van der Waals surface area contributed by atoms with Crippen molar-refractivity contribution >= 4 is 9.84 Å². The number of ether oxygens (including phenoxy) is 1. The first-order valence-corrected chi connectivity index (χ1v) is 7.63. The zero-order chi connectivity index (χ0) is 12.2. The van der Waals surface area contributed by atoms with Gasteiger partial charge < -0.3 is 10.1 Å². The predicted octanol–water partition coefficient (Wildman–Crippen LogP) is 0.826. The molecule has 0 bridgehead atoms. The van der Waals surface area contributed by atoms with Gasteiger partial charge in [-0.05, 0) is 45.7 Å². The Bertz CT molecular complexity index is 311. The molecular formula is C11H23NO3S. The fourth-order valence-electron chi connectivity index (χ4n) is 1.83. The molecule has 0 aromatic rings. The van der Waals surface area contributed by atoms with E-state index in [1.54, 1.807) is 7.11 Å². The third-order valence-corrected chi connectivity index (χ3v) is 5.05. The topological polar surface area (TPSA) is 55.4 Å². The Morgan fingerprint density at radius 1 is 1.44 bits per heavy atom. The second-order valence-electron chi connectivity index (χ2n) is 5.19. The van der Waals surface area contributed by atoms with Gasteiger partial charge in [0.05, 0.1) is 17.1 Å². The Hall–Kier alpha value is -0.130. The predicted molar refractivity (Wildman–Crippen MR) is 65.3 cm³/mol. The molecule has 5 heteroatoms. The third kappa shape index (κ3) is 4.80. The molecule has 0 aromatic heterocycles. The Balaban J connectivity index is 2.13. The zero-order valence-electron chi connectivity index (χ0n) is 10.5. The van der Waals surface area contributed by atoms with Crippen LogP contribution >= 0.6 is 0 Å². The van der Waals surface area contributed by atoms with Gasteiger partial charge in [-0.2, -0.15) is 0 Å². The second-order valence-corrected chi connectivity index (χ2v) is 7.42. The molecule has 1 atom stereocenters. The highest BCUT2D eigenvalue weighted by molar-refractivity contribution is 7.91. The van der Waals surface area contributed by atoms with Gasteiger partial charge in [0.15, 0.2) is 9.84 Å². The molecular weight excluding hydrogens is 226 g/mol. The van der Waals surface area contributed by atoms with E-state index in [-0.39, 0.29) is 5.60 Å². The first kappa shape index (κ1) is 13.9. The van der Waals surface area contributed by atoms with Gasteiger partial charge in [0.1, 0.15) is 0 Å². The van der Waals surface area contributed by atoms with Crippen LogP contribution in [0.4, 0.5) is 0 Å². The molecule has 16 heavy (non-hydrogen) atoms. The molecule has 0 aliphatic carbocycles. The van der Waals surface area contributed by atoms with Crippen molar-refractivity contribution in [1.29, 1.82) is 0 Å². The minimum atomic E-state index is -2.73. The van der Waals surface area contributed by atoms with Crippen molar-refractivity contribution < 1.29 is 13.2 Å². The summed E-state index contributed by atoms with van der Waals surface area (Å²) in [5.74, 6) is 1.02. The molecule has 0 radical (unpaired) electrons. The lowest BCUT2D eigenvalue weighted by molar-refractivity contribution is 0.0158. The molecule has 1 aliphatic rings. The average molecular weight is 249 g/mol. The quantitative estimate of drug-likeness (QED) is 0.708. The lowest BCUT2D eigenvalue weighted by Gasteiger charge is -2.23. The molecule has 1 saturated heterocycles. The highest BCUT2D eigenvalue weighted by atomic mass is 32.2. The standard InChI is InChI=1S/C11H23NO3S/c1-11(2,15-3)5-6-12-8-10-4-7-16(13,14)9-10/h10,12H,4-9H2,1-3H3. The van der Waals surface area contributed by atoms with Crippen LogP contribution in [0.3, 0.4) is 0 Å². The van der Waals surface area contributed by atoms with Crippen LogP contribution in [0, 0.1) is 5.92 Å². The number of sulfone groups is 1. The van der Waals surface area contributed by atoms with Crippen LogP contribution in [0.2, 0.25) is 0 Å². The Morgan fingerprint density at radius 3 is 2.62 bits per heavy atom. The van der Waals surface area contributed by atoms with Gasteiger partial charge in [-0.3, -0.25) is 0 Å². The SMILES string of the molecule is COC(C)(C)CCNCC1CCS(=O)(=O)C1. The molecule has 1 unspecified atom stereocenters. The molecule has 4 nitrogen and oxygen atoms in total. The van der Waals surface area contributed by atoms with Gasteiger partial charge in [0, 0.05) is 7.11 Å². The van der Waals surface area contributed by atoms with Crippen molar-refractivity contribution in [2.24, 2.45) is 5.92 Å². The largest absolute Gasteiger partial charge is 0.379 e. The first-order chi connectivity index (χ1) is 7.35. The fourth-order valence-corrected chi connectivity index (χ4v) is 3.69. The van der Waals surface area contributed by atoms with Crippen molar-refractivity contribution in [3.8, 4) is 0 Å². The second kappa shape index (κ2) is 5.47. The van der Waals surface area contributed by atoms with Crippen molar-refractivity contribution in [2.45, 2.75) is 32.3 Å². The summed E-state index contributed by atoms with van der Waals surface area (Å²) < 4.78 is 27.8. The minimum absolute atomic E-state index is 0.102. The van der Waals surface area contributed by atoms with Gasteiger partial charge in [0.25, 0.3) is 0 Å². The Morgan fingerprint density at radius 2 is 2.12 bits per heavy atom. The first-order valence-electron chi connectivity index (χ1n) is 5.81. The molecule has 0 spiro atoms. The third-order valence-electron chi connectivity index (χ3n) is 3.22. The van der Waals surface area contributed by atoms with E-state index < -0.39 is 9.84 Å². The molecule has 1 N–H and O–H groups in total. The lowest BCUT2D eigenvalue weighted by Crippen LogP contribution is -2.31. The summed E-state index contributed by atoms with van der Waals surface area (Å²) in [6.07, 6.45) is 1.74. The summed E-state index contributed by atoms with van der Waals surface area (Å²) in [6.45, 7) is 5.78. The van der Waals surface area contributed by atoms with Gasteiger partial charge in [-0.15, -0.1) is 0 Å². The average Bonchev–Trinajstić information content (AvgIpc) is 2.53. The summed E-state index contributed by atoms with van der Waals surface area (Å²) in [5.41, 5.74) is -0.102. The molecule has 1 rings (SSSR count). The highest BCUT2D eigenvalue weighted by Crippen LogP contribution is 2.17. The minimum Gasteiger partial charge on any atom is -0.379 e. The van der Waals surface area contributed by atoms with E-state index in [9.17, 15) is 8.42 Å². The van der Waals surface area contributed by atoms with Crippen LogP contribution in [0.25, 0.3) is 0 Å². The van der Waals surface area contributed by atoms with Crippen molar-refractivity contribution in [3.63, 3.8) is 0 Å². The van der Waals surface area contributed by atoms with Crippen LogP contribution in [0.5, 0.6) is 0 Å². The molecule has 0 saturated carbocycles. The number of methoxy groups -OCH3 is 1. The highest BCUT2D eigenvalue weighted by Gasteiger charge is 2.27. The molecule has 96 valence electrons. The molecule has 0 amide bonds. The van der Waals surface area contributed by atoms with E-state index in [4.69, 9.17) is 4.74 Å². The summed E-state index contributed by atoms with van der Waals surface area (Å²) in [7, 11) is -1.02. The maximum Gasteiger partial charge on any atom is 0.150 e. The molecule has 1 aliphatic heterocycles. The van der Waals surface area contributed by atoms with Gasteiger partial charge in [-0.25, -0.2) is 8.42 Å². The van der Waals surface area contributed by atoms with Crippen LogP contribution in [-0.4, -0.2) is 45.7 Å². The van der Waals surface area contributed by atoms with Gasteiger partial charge in [0.2, 0.25) is 0 Å². The summed E-state index contributed by atoms with van der Waals surface area (Å²) >= 11 is 0. The van der Waals surface area contributed by atoms with Crippen molar-refractivity contribution in [3.05, 3.63) is 0 Å². The van der Waals surface area contributed by atoms with Crippen LogP contribution in [-0.2, 0) is 14.6 Å². The maximum atomic E-state index is 11.2. The van der Waals surface area contributed by atoms with E-state index in [1.807, 2.05) is 0 Å². The lowest BCUT2D eigenvalue weighted by atomic mass is 10.0. The van der Waals surface area contributed by atoms with Gasteiger partial charge in [-0.1, -0.05) is 0 Å². The van der Waals surface area contributed by atoms with E-state index in [1.165, 1.54) is 0 Å². The smallest absolute Gasteiger partial charge is 0.150 e. The number of hydrogen-bond acceptors (Lipinski definition) is 4.